The first kappa shape index (κ1) is 13.1. The van der Waals surface area contributed by atoms with Gasteiger partial charge in [-0.25, -0.2) is 14.8 Å². The van der Waals surface area contributed by atoms with Crippen LogP contribution >= 0.6 is 0 Å². The van der Waals surface area contributed by atoms with Gasteiger partial charge in [-0.2, -0.15) is 0 Å². The van der Waals surface area contributed by atoms with Gasteiger partial charge in [0.2, 0.25) is 0 Å². The molecule has 102 valence electrons. The minimum Gasteiger partial charge on any atom is -0.465 e. The second kappa shape index (κ2) is 5.09. The molecule has 8 heteroatoms. The summed E-state index contributed by atoms with van der Waals surface area (Å²) in [5, 5.41) is 8.87. The maximum absolute atomic E-state index is 11.2. The summed E-state index contributed by atoms with van der Waals surface area (Å²) in [4.78, 5) is 31.5. The highest BCUT2D eigenvalue weighted by Crippen LogP contribution is 2.26. The second-order valence-corrected chi connectivity index (χ2v) is 4.44. The lowest BCUT2D eigenvalue weighted by atomic mass is 9.96. The minimum absolute atomic E-state index is 0.0191. The lowest BCUT2D eigenvalue weighted by Gasteiger charge is -2.29. The molecule has 1 aromatic heterocycles. The van der Waals surface area contributed by atoms with Crippen LogP contribution in [0.1, 0.15) is 35.1 Å². The average Bonchev–Trinajstić information content (AvgIpc) is 2.39. The Bertz CT molecular complexity index is 511. The van der Waals surface area contributed by atoms with Gasteiger partial charge in [-0.15, -0.1) is 0 Å². The van der Waals surface area contributed by atoms with Gasteiger partial charge >= 0.3 is 6.09 Å². The largest absolute Gasteiger partial charge is 0.465 e. The molecule has 19 heavy (non-hydrogen) atoms. The van der Waals surface area contributed by atoms with Gasteiger partial charge in [0.05, 0.1) is 11.9 Å². The number of carboxylic acid groups (broad SMARTS) is 1. The van der Waals surface area contributed by atoms with Crippen LogP contribution in [0.25, 0.3) is 0 Å². The van der Waals surface area contributed by atoms with E-state index in [9.17, 15) is 9.59 Å². The first-order chi connectivity index (χ1) is 8.99. The molecule has 2 heterocycles. The predicted molar refractivity (Wildman–Crippen MR) is 66.5 cm³/mol. The van der Waals surface area contributed by atoms with E-state index < -0.39 is 12.0 Å². The van der Waals surface area contributed by atoms with Crippen molar-refractivity contribution < 1.29 is 14.7 Å². The van der Waals surface area contributed by atoms with Crippen LogP contribution < -0.4 is 11.5 Å². The number of nitrogens with two attached hydrogens (primary N) is 2. The van der Waals surface area contributed by atoms with Crippen molar-refractivity contribution in [1.82, 2.24) is 14.9 Å². The van der Waals surface area contributed by atoms with Crippen molar-refractivity contribution in [2.24, 2.45) is 5.73 Å². The van der Waals surface area contributed by atoms with Crippen molar-refractivity contribution in [2.75, 3.05) is 18.8 Å². The van der Waals surface area contributed by atoms with Gasteiger partial charge in [0, 0.05) is 19.0 Å². The Morgan fingerprint density at radius 2 is 2.00 bits per heavy atom. The molecule has 1 aliphatic heterocycles. The zero-order chi connectivity index (χ0) is 14.0. The number of carbonyl (C=O) groups is 2. The molecule has 0 radical (unpaired) electrons. The Morgan fingerprint density at radius 3 is 2.53 bits per heavy atom. The van der Waals surface area contributed by atoms with Gasteiger partial charge in [0.15, 0.2) is 5.69 Å². The van der Waals surface area contributed by atoms with Gasteiger partial charge < -0.3 is 21.5 Å². The molecule has 0 aromatic carbocycles. The van der Waals surface area contributed by atoms with Gasteiger partial charge in [0.25, 0.3) is 5.91 Å². The van der Waals surface area contributed by atoms with Crippen LogP contribution in [0.15, 0.2) is 6.20 Å². The van der Waals surface area contributed by atoms with E-state index in [-0.39, 0.29) is 17.3 Å². The Kier molecular flexibility index (Phi) is 3.50. The normalized spacial score (nSPS) is 16.3. The maximum Gasteiger partial charge on any atom is 0.407 e. The summed E-state index contributed by atoms with van der Waals surface area (Å²) in [7, 11) is 0. The molecule has 0 saturated carbocycles. The monoisotopic (exact) mass is 265 g/mol. The summed E-state index contributed by atoms with van der Waals surface area (Å²) in [6, 6.07) is 0. The number of primary amides is 1. The topological polar surface area (TPSA) is 135 Å². The van der Waals surface area contributed by atoms with Crippen LogP contribution in [0.4, 0.5) is 10.5 Å². The first-order valence-electron chi connectivity index (χ1n) is 5.89. The number of likely N-dealkylation sites (tertiary alicyclic amines) is 1. The lowest BCUT2D eigenvalue weighted by molar-refractivity contribution is 0.0996. The van der Waals surface area contributed by atoms with E-state index in [2.05, 4.69) is 9.97 Å². The van der Waals surface area contributed by atoms with E-state index in [1.165, 1.54) is 11.1 Å². The zero-order valence-corrected chi connectivity index (χ0v) is 10.2. The van der Waals surface area contributed by atoms with Crippen molar-refractivity contribution in [3.8, 4) is 0 Å². The van der Waals surface area contributed by atoms with E-state index in [1.54, 1.807) is 0 Å². The lowest BCUT2D eigenvalue weighted by Crippen LogP contribution is -2.37. The van der Waals surface area contributed by atoms with E-state index in [1.807, 2.05) is 0 Å². The fourth-order valence-corrected chi connectivity index (χ4v) is 2.13. The number of hydrogen-bond acceptors (Lipinski definition) is 5. The molecule has 5 N–H and O–H groups in total. The van der Waals surface area contributed by atoms with Crippen molar-refractivity contribution in [3.05, 3.63) is 17.7 Å². The predicted octanol–water partition coefficient (Wildman–Crippen LogP) is 0.0151. The van der Waals surface area contributed by atoms with Gasteiger partial charge in [0.1, 0.15) is 5.82 Å². The van der Waals surface area contributed by atoms with Crippen LogP contribution in [0.2, 0.25) is 0 Å². The highest BCUT2D eigenvalue weighted by molar-refractivity contribution is 5.95. The SMILES string of the molecule is NC(=O)c1nc(C2CCN(C(=O)O)CC2)ncc1N. The standard InChI is InChI=1S/C11H15N5O3/c12-7-5-14-10(15-8(7)9(13)17)6-1-3-16(4-2-6)11(18)19/h5-6H,1-4,12H2,(H2,13,17)(H,18,19). The summed E-state index contributed by atoms with van der Waals surface area (Å²) in [5.74, 6) is -0.175. The van der Waals surface area contributed by atoms with E-state index in [0.717, 1.165) is 0 Å². The fourth-order valence-electron chi connectivity index (χ4n) is 2.13. The summed E-state index contributed by atoms with van der Waals surface area (Å²) in [6.45, 7) is 0.860. The highest BCUT2D eigenvalue weighted by Gasteiger charge is 2.26. The quantitative estimate of drug-likeness (QED) is 0.689. The molecule has 8 nitrogen and oxygen atoms in total. The molecule has 1 fully saturated rings. The van der Waals surface area contributed by atoms with Crippen LogP contribution in [-0.2, 0) is 0 Å². The number of anilines is 1. The molecule has 2 rings (SSSR count). The molecule has 0 bridgehead atoms. The number of rotatable bonds is 2. The summed E-state index contributed by atoms with van der Waals surface area (Å²) < 4.78 is 0. The van der Waals surface area contributed by atoms with E-state index in [0.29, 0.717) is 31.8 Å². The maximum atomic E-state index is 11.2. The third-order valence-corrected chi connectivity index (χ3v) is 3.20. The Hall–Kier alpha value is -2.38. The van der Waals surface area contributed by atoms with Crippen LogP contribution in [-0.4, -0.2) is 45.1 Å². The molecule has 1 saturated heterocycles. The number of carbonyl (C=O) groups excluding carboxylic acids is 1. The second-order valence-electron chi connectivity index (χ2n) is 4.44. The third kappa shape index (κ3) is 2.72. The number of amides is 2. The molecule has 1 aromatic rings. The molecule has 0 spiro atoms. The average molecular weight is 265 g/mol. The molecule has 0 unspecified atom stereocenters. The first-order valence-corrected chi connectivity index (χ1v) is 5.89. The fraction of sp³-hybridized carbons (Fsp3) is 0.455. The number of aromatic nitrogens is 2. The van der Waals surface area contributed by atoms with E-state index >= 15 is 0 Å². The molecule has 0 atom stereocenters. The summed E-state index contributed by atoms with van der Waals surface area (Å²) >= 11 is 0. The highest BCUT2D eigenvalue weighted by atomic mass is 16.4. The smallest absolute Gasteiger partial charge is 0.407 e. The molecular formula is C11H15N5O3. The van der Waals surface area contributed by atoms with Crippen molar-refractivity contribution >= 4 is 17.7 Å². The third-order valence-electron chi connectivity index (χ3n) is 3.20. The van der Waals surface area contributed by atoms with Crippen LogP contribution in [0, 0.1) is 0 Å². The minimum atomic E-state index is -0.922. The Balaban J connectivity index is 2.14. The Morgan fingerprint density at radius 1 is 1.37 bits per heavy atom. The van der Waals surface area contributed by atoms with Gasteiger partial charge in [-0.1, -0.05) is 0 Å². The molecular weight excluding hydrogens is 250 g/mol. The van der Waals surface area contributed by atoms with Crippen molar-refractivity contribution in [2.45, 2.75) is 18.8 Å². The zero-order valence-electron chi connectivity index (χ0n) is 10.2. The number of nitrogen functional groups attached to an aromatic ring is 1. The number of piperidine rings is 1. The summed E-state index contributed by atoms with van der Waals surface area (Å²) in [5.41, 5.74) is 10.9. The van der Waals surface area contributed by atoms with E-state index in [4.69, 9.17) is 16.6 Å². The van der Waals surface area contributed by atoms with Gasteiger partial charge in [-0.05, 0) is 12.8 Å². The van der Waals surface area contributed by atoms with Crippen molar-refractivity contribution in [1.29, 1.82) is 0 Å². The number of hydrogen-bond donors (Lipinski definition) is 3. The van der Waals surface area contributed by atoms with Gasteiger partial charge in [-0.3, -0.25) is 4.79 Å². The van der Waals surface area contributed by atoms with Crippen molar-refractivity contribution in [3.63, 3.8) is 0 Å². The van der Waals surface area contributed by atoms with Crippen LogP contribution in [0.3, 0.4) is 0 Å². The number of nitrogens with zero attached hydrogens (tertiary/aromatic N) is 3. The molecule has 1 aliphatic rings. The Labute approximate surface area is 109 Å². The summed E-state index contributed by atoms with van der Waals surface area (Å²) in [6.07, 6.45) is 1.68. The molecule has 0 aliphatic carbocycles. The molecule has 2 amide bonds. The van der Waals surface area contributed by atoms with Crippen LogP contribution in [0.5, 0.6) is 0 Å².